The number of benzene rings is 1. The minimum absolute atomic E-state index is 0.0452. The van der Waals surface area contributed by atoms with E-state index in [0.29, 0.717) is 10.9 Å². The molecule has 0 atom stereocenters. The molecule has 1 aromatic carbocycles. The van der Waals surface area contributed by atoms with Crippen LogP contribution in [-0.2, 0) is 18.6 Å². The molecular weight excluding hydrogens is 331 g/mol. The maximum atomic E-state index is 13.2. The second-order valence-electron chi connectivity index (χ2n) is 5.68. The molecule has 2 aromatic heterocycles. The summed E-state index contributed by atoms with van der Waals surface area (Å²) in [6.45, 7) is 0. The van der Waals surface area contributed by atoms with Gasteiger partial charge in [-0.25, -0.2) is 9.37 Å². The minimum atomic E-state index is -0.245. The van der Waals surface area contributed by atoms with Gasteiger partial charge in [0.15, 0.2) is 5.16 Å². The van der Waals surface area contributed by atoms with Crippen LogP contribution < -0.4 is 5.56 Å². The Bertz CT molecular complexity index is 932. The number of hydrogen-bond acceptors (Lipinski definition) is 4. The van der Waals surface area contributed by atoms with Crippen LogP contribution in [0.3, 0.4) is 0 Å². The van der Waals surface area contributed by atoms with Gasteiger partial charge in [0.05, 0.1) is 5.39 Å². The summed E-state index contributed by atoms with van der Waals surface area (Å²) in [6.07, 6.45) is 4.38. The molecule has 0 spiro atoms. The van der Waals surface area contributed by atoms with Gasteiger partial charge in [0, 0.05) is 10.6 Å². The third-order valence-electron chi connectivity index (χ3n) is 4.07. The lowest BCUT2D eigenvalue weighted by molar-refractivity contribution is 0.626. The van der Waals surface area contributed by atoms with Crippen molar-refractivity contribution in [2.45, 2.75) is 36.6 Å². The van der Waals surface area contributed by atoms with E-state index < -0.39 is 0 Å². The summed E-state index contributed by atoms with van der Waals surface area (Å²) in [6, 6.07) is 6.50. The predicted octanol–water partition coefficient (Wildman–Crippen LogP) is 4.29. The zero-order valence-electron chi connectivity index (χ0n) is 12.4. The third-order valence-corrected chi connectivity index (χ3v) is 6.20. The van der Waals surface area contributed by atoms with Gasteiger partial charge < -0.3 is 4.98 Å². The highest BCUT2D eigenvalue weighted by molar-refractivity contribution is 7.98. The maximum Gasteiger partial charge on any atom is 0.260 e. The number of aromatic amines is 1. The summed E-state index contributed by atoms with van der Waals surface area (Å²) in [5, 5.41) is 1.38. The van der Waals surface area contributed by atoms with E-state index in [1.165, 1.54) is 40.8 Å². The average Bonchev–Trinajstić information content (AvgIpc) is 2.92. The van der Waals surface area contributed by atoms with Crippen molar-refractivity contribution in [1.29, 1.82) is 0 Å². The van der Waals surface area contributed by atoms with E-state index in [2.05, 4.69) is 9.97 Å². The second kappa shape index (κ2) is 6.09. The van der Waals surface area contributed by atoms with Crippen molar-refractivity contribution in [2.24, 2.45) is 0 Å². The summed E-state index contributed by atoms with van der Waals surface area (Å²) in [5.41, 5.74) is 2.03. The minimum Gasteiger partial charge on any atom is -0.301 e. The number of nitrogens with one attached hydrogen (secondary N) is 1. The molecule has 0 amide bonds. The fourth-order valence-electron chi connectivity index (χ4n) is 2.99. The molecule has 118 valence electrons. The lowest BCUT2D eigenvalue weighted by Gasteiger charge is -2.09. The Kier molecular flexibility index (Phi) is 3.95. The normalized spacial score (nSPS) is 14.1. The Labute approximate surface area is 141 Å². The molecule has 0 fully saturated rings. The number of aryl methyl sites for hydroxylation is 2. The summed E-state index contributed by atoms with van der Waals surface area (Å²) in [5.74, 6) is 0.336. The van der Waals surface area contributed by atoms with Crippen molar-refractivity contribution in [3.05, 3.63) is 56.4 Å². The summed E-state index contributed by atoms with van der Waals surface area (Å²) in [4.78, 5) is 22.1. The molecule has 0 bridgehead atoms. The highest BCUT2D eigenvalue weighted by Gasteiger charge is 2.19. The van der Waals surface area contributed by atoms with Crippen LogP contribution in [0.4, 0.5) is 4.39 Å². The van der Waals surface area contributed by atoms with Gasteiger partial charge in [0.25, 0.3) is 5.56 Å². The molecule has 4 rings (SSSR count). The molecule has 3 aromatic rings. The Morgan fingerprint density at radius 2 is 2.17 bits per heavy atom. The molecule has 0 radical (unpaired) electrons. The highest BCUT2D eigenvalue weighted by Crippen LogP contribution is 2.34. The molecule has 0 saturated heterocycles. The second-order valence-corrected chi connectivity index (χ2v) is 7.73. The maximum absolute atomic E-state index is 13.2. The smallest absolute Gasteiger partial charge is 0.260 e. The number of hydrogen-bond donors (Lipinski definition) is 1. The van der Waals surface area contributed by atoms with Crippen molar-refractivity contribution in [3.8, 4) is 0 Å². The van der Waals surface area contributed by atoms with Gasteiger partial charge in [-0.3, -0.25) is 4.79 Å². The van der Waals surface area contributed by atoms with Crippen molar-refractivity contribution in [2.75, 3.05) is 0 Å². The molecule has 0 unspecified atom stereocenters. The molecule has 6 heteroatoms. The number of thiophene rings is 1. The van der Waals surface area contributed by atoms with E-state index in [1.54, 1.807) is 17.4 Å². The van der Waals surface area contributed by atoms with Crippen LogP contribution in [0.5, 0.6) is 0 Å². The molecule has 0 saturated carbocycles. The first-order chi connectivity index (χ1) is 11.2. The SMILES string of the molecule is O=c1[nH]c(SCc2cccc(F)c2)nc2sc3c(c12)CCCC3. The van der Waals surface area contributed by atoms with Crippen molar-refractivity contribution in [3.63, 3.8) is 0 Å². The van der Waals surface area contributed by atoms with E-state index in [1.807, 2.05) is 6.07 Å². The zero-order chi connectivity index (χ0) is 15.8. The fourth-order valence-corrected chi connectivity index (χ4v) is 5.11. The zero-order valence-corrected chi connectivity index (χ0v) is 14.0. The van der Waals surface area contributed by atoms with E-state index >= 15 is 0 Å². The van der Waals surface area contributed by atoms with Gasteiger partial charge in [-0.2, -0.15) is 0 Å². The number of thioether (sulfide) groups is 1. The third kappa shape index (κ3) is 2.93. The van der Waals surface area contributed by atoms with Gasteiger partial charge in [0.1, 0.15) is 10.6 Å². The van der Waals surface area contributed by atoms with Crippen LogP contribution in [-0.4, -0.2) is 9.97 Å². The number of aromatic nitrogens is 2. The molecule has 2 heterocycles. The van der Waals surface area contributed by atoms with Gasteiger partial charge in [0.2, 0.25) is 0 Å². The summed E-state index contributed by atoms with van der Waals surface area (Å²) >= 11 is 3.08. The van der Waals surface area contributed by atoms with E-state index in [-0.39, 0.29) is 11.4 Å². The van der Waals surface area contributed by atoms with Gasteiger partial charge in [-0.15, -0.1) is 11.3 Å². The monoisotopic (exact) mass is 346 g/mol. The summed E-state index contributed by atoms with van der Waals surface area (Å²) < 4.78 is 13.2. The van der Waals surface area contributed by atoms with Crippen LogP contribution in [0.1, 0.15) is 28.8 Å². The standard InChI is InChI=1S/C17H15FN2OS2/c18-11-5-3-4-10(8-11)9-22-17-19-15(21)14-12-6-1-2-7-13(12)23-16(14)20-17/h3-5,8H,1-2,6-7,9H2,(H,19,20,21). The number of rotatable bonds is 3. The Balaban J connectivity index is 1.65. The average molecular weight is 346 g/mol. The quantitative estimate of drug-likeness (QED) is 0.568. The first-order valence-electron chi connectivity index (χ1n) is 7.62. The Morgan fingerprint density at radius 3 is 3.04 bits per heavy atom. The number of halogens is 1. The Morgan fingerprint density at radius 1 is 1.30 bits per heavy atom. The molecule has 0 aliphatic heterocycles. The first-order valence-corrected chi connectivity index (χ1v) is 9.43. The fraction of sp³-hybridized carbons (Fsp3) is 0.294. The first kappa shape index (κ1) is 14.9. The number of H-pyrrole nitrogens is 1. The van der Waals surface area contributed by atoms with Gasteiger partial charge >= 0.3 is 0 Å². The van der Waals surface area contributed by atoms with Crippen LogP contribution in [0.25, 0.3) is 10.2 Å². The predicted molar refractivity (Wildman–Crippen MR) is 92.8 cm³/mol. The van der Waals surface area contributed by atoms with Gasteiger partial charge in [-0.05, 0) is 48.9 Å². The van der Waals surface area contributed by atoms with Crippen molar-refractivity contribution < 1.29 is 4.39 Å². The van der Waals surface area contributed by atoms with E-state index in [9.17, 15) is 9.18 Å². The van der Waals surface area contributed by atoms with Crippen LogP contribution >= 0.6 is 23.1 Å². The molecular formula is C17H15FN2OS2. The Hall–Kier alpha value is -1.66. The number of nitrogens with zero attached hydrogens (tertiary/aromatic N) is 1. The molecule has 23 heavy (non-hydrogen) atoms. The van der Waals surface area contributed by atoms with E-state index in [0.717, 1.165) is 35.0 Å². The van der Waals surface area contributed by atoms with Crippen LogP contribution in [0.2, 0.25) is 0 Å². The molecule has 1 aliphatic carbocycles. The van der Waals surface area contributed by atoms with Crippen LogP contribution in [0, 0.1) is 5.82 Å². The highest BCUT2D eigenvalue weighted by atomic mass is 32.2. The van der Waals surface area contributed by atoms with Crippen molar-refractivity contribution >= 4 is 33.3 Å². The summed E-state index contributed by atoms with van der Waals surface area (Å²) in [7, 11) is 0. The van der Waals surface area contributed by atoms with Crippen LogP contribution in [0.15, 0.2) is 34.2 Å². The van der Waals surface area contributed by atoms with E-state index in [4.69, 9.17) is 0 Å². The lowest BCUT2D eigenvalue weighted by Crippen LogP contribution is -2.10. The topological polar surface area (TPSA) is 45.8 Å². The largest absolute Gasteiger partial charge is 0.301 e. The molecule has 1 aliphatic rings. The lowest BCUT2D eigenvalue weighted by atomic mass is 9.97. The van der Waals surface area contributed by atoms with Crippen molar-refractivity contribution in [1.82, 2.24) is 9.97 Å². The van der Waals surface area contributed by atoms with Gasteiger partial charge in [-0.1, -0.05) is 23.9 Å². The number of fused-ring (bicyclic) bond motifs is 3. The molecule has 3 nitrogen and oxygen atoms in total. The molecule has 1 N–H and O–H groups in total.